The topological polar surface area (TPSA) is 79.6 Å². The van der Waals surface area contributed by atoms with Crippen molar-refractivity contribution in [3.8, 4) is 0 Å². The number of thiazole rings is 1. The predicted molar refractivity (Wildman–Crippen MR) is 247 cm³/mol. The lowest BCUT2D eigenvalue weighted by atomic mass is 9.95. The van der Waals surface area contributed by atoms with Crippen LogP contribution in [0.1, 0.15) is 105 Å². The summed E-state index contributed by atoms with van der Waals surface area (Å²) in [4.78, 5) is 41.9. The first-order valence-corrected chi connectivity index (χ1v) is 22.2. The number of rotatable bonds is 17. The van der Waals surface area contributed by atoms with E-state index in [0.717, 1.165) is 71.2 Å². The zero-order valence-corrected chi connectivity index (χ0v) is 35.4. The number of Topliss-reactive ketones (excluding diaryl/α,β-unsaturated/α-hetero) is 1. The maximum Gasteiger partial charge on any atom is 0.323 e. The second kappa shape index (κ2) is 19.3. The van der Waals surface area contributed by atoms with Crippen molar-refractivity contribution < 1.29 is 14.7 Å². The van der Waals surface area contributed by atoms with Gasteiger partial charge in [0.1, 0.15) is 11.2 Å². The zero-order valence-electron chi connectivity index (χ0n) is 32.9. The third-order valence-electron chi connectivity index (χ3n) is 11.5. The van der Waals surface area contributed by atoms with Gasteiger partial charge in [-0.15, -0.1) is 24.0 Å². The van der Waals surface area contributed by atoms with Gasteiger partial charge in [-0.1, -0.05) is 143 Å². The van der Waals surface area contributed by atoms with Crippen LogP contribution in [0, 0.1) is 5.92 Å². The second-order valence-electron chi connectivity index (χ2n) is 15.4. The van der Waals surface area contributed by atoms with Crippen LogP contribution in [0.2, 0.25) is 0 Å². The van der Waals surface area contributed by atoms with Crippen molar-refractivity contribution in [2.24, 2.45) is 5.92 Å². The maximum absolute atomic E-state index is 13.8. The average molecular weight is 827 g/mol. The molecule has 298 valence electrons. The van der Waals surface area contributed by atoms with Crippen molar-refractivity contribution in [1.29, 1.82) is 0 Å². The third-order valence-corrected chi connectivity index (χ3v) is 13.5. The van der Waals surface area contributed by atoms with E-state index in [9.17, 15) is 19.5 Å². The Balaban J connectivity index is 1.18. The molecular weight excluding hydrogens is 777 g/mol. The number of aromatic nitrogens is 1. The van der Waals surface area contributed by atoms with E-state index in [0.29, 0.717) is 22.9 Å². The molecule has 0 amide bonds. The van der Waals surface area contributed by atoms with Crippen LogP contribution >= 0.6 is 36.2 Å². The number of hydrogen-bond donors (Lipinski definition) is 2. The van der Waals surface area contributed by atoms with Crippen LogP contribution in [-0.4, -0.2) is 32.8 Å². The Kier molecular flexibility index (Phi) is 13.7. The highest BCUT2D eigenvalue weighted by atomic mass is 32.1. The number of aliphatic carboxylic acids is 1. The highest BCUT2D eigenvalue weighted by Gasteiger charge is 2.42. The molecule has 0 saturated heterocycles. The number of unbranched alkanes of at least 4 members (excludes halogenated alkanes) is 5. The van der Waals surface area contributed by atoms with Crippen LogP contribution in [-0.2, 0) is 16.1 Å². The summed E-state index contributed by atoms with van der Waals surface area (Å²) in [6.45, 7) is 1.62. The maximum atomic E-state index is 13.8. The van der Waals surface area contributed by atoms with Gasteiger partial charge in [-0.3, -0.25) is 19.0 Å². The van der Waals surface area contributed by atoms with Crippen molar-refractivity contribution in [2.45, 2.75) is 89.6 Å². The normalized spacial score (nSPS) is 17.1. The SMILES string of the molecule is CCCCCCCCC(C=S)C(=O)/C(S)=c1\s/c(=C\c2ccc3c(c2)C2CCCC2N3c2ccc(C=C(c3ccccc3)c3ccccc3)cc2)c(=O)n1CC(=O)O. The fraction of sp³-hybridized carbons (Fsp3) is 0.306. The molecule has 0 spiro atoms. The Hall–Kier alpha value is -4.83. The number of carboxylic acid groups (broad SMARTS) is 1. The van der Waals surface area contributed by atoms with Gasteiger partial charge in [0.15, 0.2) is 5.78 Å². The Bertz CT molecular complexity index is 2430. The molecule has 7 rings (SSSR count). The van der Waals surface area contributed by atoms with Crippen molar-refractivity contribution in [2.75, 3.05) is 4.90 Å². The number of carbonyl (C=O) groups excluding carboxylic acids is 1. The highest BCUT2D eigenvalue weighted by molar-refractivity contribution is 7.91. The monoisotopic (exact) mass is 826 g/mol. The molecule has 2 heterocycles. The number of ketones is 1. The fourth-order valence-corrected chi connectivity index (χ4v) is 10.3. The number of fused-ring (bicyclic) bond motifs is 3. The molecule has 4 aromatic carbocycles. The Morgan fingerprint density at radius 2 is 1.53 bits per heavy atom. The van der Waals surface area contributed by atoms with Gasteiger partial charge in [-0.25, -0.2) is 0 Å². The first-order valence-electron chi connectivity index (χ1n) is 20.5. The smallest absolute Gasteiger partial charge is 0.323 e. The molecule has 0 radical (unpaired) electrons. The van der Waals surface area contributed by atoms with E-state index >= 15 is 0 Å². The molecule has 6 nitrogen and oxygen atoms in total. The molecule has 9 heteroatoms. The Labute approximate surface area is 355 Å². The van der Waals surface area contributed by atoms with E-state index in [-0.39, 0.29) is 15.4 Å². The van der Waals surface area contributed by atoms with Crippen LogP contribution in [0.15, 0.2) is 108 Å². The summed E-state index contributed by atoms with van der Waals surface area (Å²) < 4.78 is 1.77. The molecule has 2 aliphatic rings. The molecule has 1 fully saturated rings. The van der Waals surface area contributed by atoms with Crippen LogP contribution in [0.3, 0.4) is 0 Å². The molecule has 58 heavy (non-hydrogen) atoms. The van der Waals surface area contributed by atoms with E-state index in [2.05, 4.69) is 115 Å². The number of hydrogen-bond acceptors (Lipinski definition) is 7. The first kappa shape index (κ1) is 41.3. The minimum absolute atomic E-state index is 0.0799. The molecule has 1 aromatic heterocycles. The van der Waals surface area contributed by atoms with Gasteiger partial charge >= 0.3 is 5.97 Å². The van der Waals surface area contributed by atoms with E-state index < -0.39 is 24.0 Å². The van der Waals surface area contributed by atoms with E-state index in [1.165, 1.54) is 52.6 Å². The molecule has 1 saturated carbocycles. The van der Waals surface area contributed by atoms with Gasteiger partial charge in [0.05, 0.1) is 15.4 Å². The molecule has 0 bridgehead atoms. The van der Waals surface area contributed by atoms with Crippen molar-refractivity contribution in [3.63, 3.8) is 0 Å². The van der Waals surface area contributed by atoms with Gasteiger partial charge in [-0.2, -0.15) is 0 Å². The van der Waals surface area contributed by atoms with Gasteiger partial charge < -0.3 is 10.0 Å². The minimum atomic E-state index is -1.17. The fourth-order valence-electron chi connectivity index (χ4n) is 8.58. The average Bonchev–Trinajstić information content (AvgIpc) is 3.93. The molecule has 3 unspecified atom stereocenters. The van der Waals surface area contributed by atoms with Gasteiger partial charge in [0, 0.05) is 23.3 Å². The Morgan fingerprint density at radius 3 is 2.19 bits per heavy atom. The third kappa shape index (κ3) is 9.22. The minimum Gasteiger partial charge on any atom is -0.480 e. The lowest BCUT2D eigenvalue weighted by Gasteiger charge is -2.27. The van der Waals surface area contributed by atoms with Crippen molar-refractivity contribution in [1.82, 2.24) is 4.57 Å². The zero-order chi connectivity index (χ0) is 40.6. The highest BCUT2D eigenvalue weighted by Crippen LogP contribution is 2.52. The summed E-state index contributed by atoms with van der Waals surface area (Å²) in [6, 6.07) is 36.5. The summed E-state index contributed by atoms with van der Waals surface area (Å²) in [5.41, 5.74) is 8.63. The first-order chi connectivity index (χ1) is 28.3. The van der Waals surface area contributed by atoms with Crippen LogP contribution in [0.5, 0.6) is 0 Å². The molecule has 3 atom stereocenters. The predicted octanol–water partition coefficient (Wildman–Crippen LogP) is 10.2. The van der Waals surface area contributed by atoms with Gasteiger partial charge in [0.2, 0.25) is 0 Å². The second-order valence-corrected chi connectivity index (χ2v) is 17.1. The van der Waals surface area contributed by atoms with E-state index in [1.807, 2.05) is 24.3 Å². The number of nitrogens with zero attached hydrogens (tertiary/aromatic N) is 2. The summed E-state index contributed by atoms with van der Waals surface area (Å²) in [5.74, 6) is -1.60. The molecule has 1 N–H and O–H groups in total. The molecule has 1 aliphatic carbocycles. The number of benzene rings is 4. The lowest BCUT2D eigenvalue weighted by Crippen LogP contribution is -2.35. The van der Waals surface area contributed by atoms with Crippen molar-refractivity contribution in [3.05, 3.63) is 150 Å². The molecule has 1 aliphatic heterocycles. The summed E-state index contributed by atoms with van der Waals surface area (Å²) in [5, 5.41) is 11.2. The number of anilines is 2. The van der Waals surface area contributed by atoms with E-state index in [4.69, 9.17) is 12.2 Å². The van der Waals surface area contributed by atoms with Gasteiger partial charge in [-0.05, 0) is 94.4 Å². The standard InChI is InChI=1S/C49H50N2O4S3/c1-2-3-4-5-6-9-19-37(32-56)46(54)47(57)49-50(31-45(52)53)48(55)44(58-49)30-34-24-27-43-41(29-34)39-20-14-21-42(39)51(43)38-25-22-33(23-26-38)28-40(35-15-10-7-11-16-35)36-17-12-8-13-18-36/h7-8,10-13,15-18,22-30,32,37,39,42,57H,2-6,9,14,19-21,31H2,1H3,(H,52,53)/b44-30-,49-47+. The summed E-state index contributed by atoms with van der Waals surface area (Å²) in [6.07, 6.45) is 14.5. The number of carboxylic acids is 1. The Morgan fingerprint density at radius 1 is 0.879 bits per heavy atom. The summed E-state index contributed by atoms with van der Waals surface area (Å²) >= 11 is 11.0. The number of thiocarbonyl (C=S) groups is 1. The number of carbonyl (C=O) groups is 2. The largest absolute Gasteiger partial charge is 0.480 e. The quantitative estimate of drug-likeness (QED) is 0.0421. The number of thiol groups is 1. The lowest BCUT2D eigenvalue weighted by molar-refractivity contribution is -0.137. The molecule has 5 aromatic rings. The molecular formula is C49H50N2O4S3. The van der Waals surface area contributed by atoms with Crippen LogP contribution < -0.4 is 19.7 Å². The van der Waals surface area contributed by atoms with Crippen LogP contribution in [0.25, 0.3) is 22.6 Å². The van der Waals surface area contributed by atoms with Crippen molar-refractivity contribution >= 4 is 87.3 Å². The van der Waals surface area contributed by atoms with Crippen LogP contribution in [0.4, 0.5) is 11.4 Å². The van der Waals surface area contributed by atoms with Gasteiger partial charge in [0.25, 0.3) is 5.56 Å². The summed E-state index contributed by atoms with van der Waals surface area (Å²) in [7, 11) is 0. The van der Waals surface area contributed by atoms with E-state index in [1.54, 1.807) is 0 Å².